The predicted octanol–water partition coefficient (Wildman–Crippen LogP) is 0.770. The quantitative estimate of drug-likeness (QED) is 0.423. The monoisotopic (exact) mass is 285 g/mol. The Bertz CT molecular complexity index is 107. The van der Waals surface area contributed by atoms with Crippen LogP contribution in [0.4, 0.5) is 0 Å². The SMILES string of the molecule is ICCOCCN1CCOCC1. The molecular formula is C8H16INO2. The van der Waals surface area contributed by atoms with Crippen molar-refractivity contribution in [3.63, 3.8) is 0 Å². The zero-order valence-electron chi connectivity index (χ0n) is 7.30. The van der Waals surface area contributed by atoms with Crippen molar-refractivity contribution in [1.82, 2.24) is 4.90 Å². The Morgan fingerprint density at radius 3 is 2.67 bits per heavy atom. The highest BCUT2D eigenvalue weighted by molar-refractivity contribution is 14.1. The third-order valence-corrected chi connectivity index (χ3v) is 2.32. The molecule has 0 radical (unpaired) electrons. The summed E-state index contributed by atoms with van der Waals surface area (Å²) in [6, 6.07) is 0. The van der Waals surface area contributed by atoms with Crippen LogP contribution in [0.3, 0.4) is 0 Å². The number of ether oxygens (including phenoxy) is 2. The molecular weight excluding hydrogens is 269 g/mol. The largest absolute Gasteiger partial charge is 0.379 e. The molecule has 0 aromatic heterocycles. The first-order valence-corrected chi connectivity index (χ1v) is 5.90. The molecule has 0 saturated carbocycles. The van der Waals surface area contributed by atoms with E-state index in [2.05, 4.69) is 27.5 Å². The molecule has 1 fully saturated rings. The zero-order chi connectivity index (χ0) is 8.65. The summed E-state index contributed by atoms with van der Waals surface area (Å²) < 4.78 is 11.7. The highest BCUT2D eigenvalue weighted by atomic mass is 127. The average Bonchev–Trinajstić information content (AvgIpc) is 2.14. The van der Waals surface area contributed by atoms with Crippen molar-refractivity contribution in [3.05, 3.63) is 0 Å². The van der Waals surface area contributed by atoms with Crippen molar-refractivity contribution < 1.29 is 9.47 Å². The molecule has 1 aliphatic rings. The van der Waals surface area contributed by atoms with Gasteiger partial charge in [0, 0.05) is 24.1 Å². The van der Waals surface area contributed by atoms with Crippen LogP contribution in [0.15, 0.2) is 0 Å². The summed E-state index contributed by atoms with van der Waals surface area (Å²) in [6.07, 6.45) is 0. The van der Waals surface area contributed by atoms with Gasteiger partial charge in [0.1, 0.15) is 0 Å². The molecule has 0 N–H and O–H groups in total. The lowest BCUT2D eigenvalue weighted by Crippen LogP contribution is -2.38. The molecule has 12 heavy (non-hydrogen) atoms. The van der Waals surface area contributed by atoms with Gasteiger partial charge in [-0.15, -0.1) is 0 Å². The fourth-order valence-electron chi connectivity index (χ4n) is 1.18. The number of morpholine rings is 1. The van der Waals surface area contributed by atoms with E-state index in [1.165, 1.54) is 0 Å². The minimum atomic E-state index is 0.864. The molecule has 0 unspecified atom stereocenters. The molecule has 0 bridgehead atoms. The average molecular weight is 285 g/mol. The molecule has 0 amide bonds. The zero-order valence-corrected chi connectivity index (χ0v) is 9.46. The van der Waals surface area contributed by atoms with Gasteiger partial charge in [-0.25, -0.2) is 0 Å². The fourth-order valence-corrected chi connectivity index (χ4v) is 1.49. The van der Waals surface area contributed by atoms with Gasteiger partial charge >= 0.3 is 0 Å². The fraction of sp³-hybridized carbons (Fsp3) is 1.00. The third kappa shape index (κ3) is 4.59. The van der Waals surface area contributed by atoms with Gasteiger partial charge in [0.2, 0.25) is 0 Å². The van der Waals surface area contributed by atoms with Crippen molar-refractivity contribution >= 4 is 22.6 Å². The van der Waals surface area contributed by atoms with Gasteiger partial charge < -0.3 is 9.47 Å². The van der Waals surface area contributed by atoms with E-state index in [9.17, 15) is 0 Å². The molecule has 0 atom stereocenters. The van der Waals surface area contributed by atoms with E-state index in [0.29, 0.717) is 0 Å². The van der Waals surface area contributed by atoms with E-state index in [1.54, 1.807) is 0 Å². The van der Waals surface area contributed by atoms with E-state index in [1.807, 2.05) is 0 Å². The molecule has 0 aliphatic carbocycles. The van der Waals surface area contributed by atoms with Gasteiger partial charge in [-0.1, -0.05) is 22.6 Å². The van der Waals surface area contributed by atoms with Gasteiger partial charge in [0.15, 0.2) is 0 Å². The minimum absolute atomic E-state index is 0.864. The molecule has 1 heterocycles. The normalized spacial score (nSPS) is 19.8. The molecule has 0 spiro atoms. The summed E-state index contributed by atoms with van der Waals surface area (Å²) >= 11 is 2.32. The summed E-state index contributed by atoms with van der Waals surface area (Å²) in [4.78, 5) is 2.39. The smallest absolute Gasteiger partial charge is 0.0594 e. The first-order chi connectivity index (χ1) is 5.93. The van der Waals surface area contributed by atoms with E-state index in [-0.39, 0.29) is 0 Å². The van der Waals surface area contributed by atoms with Crippen molar-refractivity contribution in [2.24, 2.45) is 0 Å². The number of rotatable bonds is 5. The minimum Gasteiger partial charge on any atom is -0.379 e. The van der Waals surface area contributed by atoms with E-state index >= 15 is 0 Å². The topological polar surface area (TPSA) is 21.7 Å². The molecule has 1 saturated heterocycles. The van der Waals surface area contributed by atoms with E-state index in [0.717, 1.165) is 50.5 Å². The van der Waals surface area contributed by atoms with Crippen molar-refractivity contribution in [2.45, 2.75) is 0 Å². The summed E-state index contributed by atoms with van der Waals surface area (Å²) in [5, 5.41) is 0. The Labute approximate surface area is 87.5 Å². The highest BCUT2D eigenvalue weighted by Crippen LogP contribution is 1.95. The Morgan fingerprint density at radius 1 is 1.25 bits per heavy atom. The van der Waals surface area contributed by atoms with Crippen molar-refractivity contribution in [3.8, 4) is 0 Å². The standard InChI is InChI=1S/C8H16INO2/c9-1-5-11-6-2-10-3-7-12-8-4-10/h1-8H2. The number of hydrogen-bond donors (Lipinski definition) is 0. The molecule has 1 rings (SSSR count). The summed E-state index contributed by atoms with van der Waals surface area (Å²) in [6.45, 7) is 6.69. The number of halogens is 1. The van der Waals surface area contributed by atoms with Crippen LogP contribution in [-0.4, -0.2) is 55.4 Å². The number of hydrogen-bond acceptors (Lipinski definition) is 3. The van der Waals surface area contributed by atoms with E-state index < -0.39 is 0 Å². The number of alkyl halides is 1. The van der Waals surface area contributed by atoms with Gasteiger partial charge in [0.05, 0.1) is 26.4 Å². The van der Waals surface area contributed by atoms with E-state index in [4.69, 9.17) is 9.47 Å². The van der Waals surface area contributed by atoms with Crippen LogP contribution in [0, 0.1) is 0 Å². The first kappa shape index (κ1) is 10.7. The van der Waals surface area contributed by atoms with Gasteiger partial charge in [-0.05, 0) is 0 Å². The predicted molar refractivity (Wildman–Crippen MR) is 57.0 cm³/mol. The van der Waals surface area contributed by atoms with Gasteiger partial charge in [0.25, 0.3) is 0 Å². The van der Waals surface area contributed by atoms with Crippen LogP contribution in [0.1, 0.15) is 0 Å². The lowest BCUT2D eigenvalue weighted by atomic mass is 10.4. The Morgan fingerprint density at radius 2 is 2.00 bits per heavy atom. The first-order valence-electron chi connectivity index (χ1n) is 4.37. The lowest BCUT2D eigenvalue weighted by molar-refractivity contribution is 0.0223. The molecule has 4 heteroatoms. The van der Waals surface area contributed by atoms with Crippen LogP contribution in [-0.2, 0) is 9.47 Å². The summed E-state index contributed by atoms with van der Waals surface area (Å²) in [7, 11) is 0. The number of nitrogens with zero attached hydrogens (tertiary/aromatic N) is 1. The third-order valence-electron chi connectivity index (χ3n) is 1.88. The maximum absolute atomic E-state index is 5.40. The van der Waals surface area contributed by atoms with Crippen LogP contribution < -0.4 is 0 Å². The maximum Gasteiger partial charge on any atom is 0.0594 e. The Balaban J connectivity index is 1.91. The Hall–Kier alpha value is 0.610. The second-order valence-corrected chi connectivity index (χ2v) is 3.83. The molecule has 0 aromatic rings. The van der Waals surface area contributed by atoms with Crippen LogP contribution in [0.25, 0.3) is 0 Å². The van der Waals surface area contributed by atoms with Crippen LogP contribution in [0.5, 0.6) is 0 Å². The lowest BCUT2D eigenvalue weighted by Gasteiger charge is -2.26. The highest BCUT2D eigenvalue weighted by Gasteiger charge is 2.08. The van der Waals surface area contributed by atoms with Crippen molar-refractivity contribution in [2.75, 3.05) is 50.5 Å². The molecule has 72 valence electrons. The molecule has 3 nitrogen and oxygen atoms in total. The second kappa shape index (κ2) is 7.06. The van der Waals surface area contributed by atoms with Crippen LogP contribution >= 0.6 is 22.6 Å². The maximum atomic E-state index is 5.40. The van der Waals surface area contributed by atoms with Gasteiger partial charge in [-0.3, -0.25) is 4.90 Å². The molecule has 1 aliphatic heterocycles. The van der Waals surface area contributed by atoms with Crippen LogP contribution in [0.2, 0.25) is 0 Å². The second-order valence-electron chi connectivity index (χ2n) is 2.76. The van der Waals surface area contributed by atoms with Crippen molar-refractivity contribution in [1.29, 1.82) is 0 Å². The summed E-state index contributed by atoms with van der Waals surface area (Å²) in [5.74, 6) is 0. The molecule has 0 aromatic carbocycles. The van der Waals surface area contributed by atoms with Gasteiger partial charge in [-0.2, -0.15) is 0 Å². The Kier molecular flexibility index (Phi) is 6.29. The summed E-state index contributed by atoms with van der Waals surface area (Å²) in [5.41, 5.74) is 0.